The van der Waals surface area contributed by atoms with E-state index in [0.29, 0.717) is 5.11 Å². The first kappa shape index (κ1) is 14.2. The molecular formula is C16H17N3S. The zero-order valence-electron chi connectivity index (χ0n) is 11.6. The SMILES string of the molecule is Cc1ccc(/C=N/NC(=S)Nc2ccc(C)cc2)cc1. The Morgan fingerprint density at radius 1 is 0.950 bits per heavy atom. The molecule has 0 saturated carbocycles. The summed E-state index contributed by atoms with van der Waals surface area (Å²) < 4.78 is 0. The lowest BCUT2D eigenvalue weighted by Gasteiger charge is -2.06. The van der Waals surface area contributed by atoms with Crippen LogP contribution in [0.25, 0.3) is 0 Å². The van der Waals surface area contributed by atoms with Crippen molar-refractivity contribution < 1.29 is 0 Å². The van der Waals surface area contributed by atoms with Gasteiger partial charge in [-0.2, -0.15) is 5.10 Å². The Balaban J connectivity index is 1.85. The van der Waals surface area contributed by atoms with Crippen molar-refractivity contribution in [2.45, 2.75) is 13.8 Å². The van der Waals surface area contributed by atoms with Crippen LogP contribution in [0.5, 0.6) is 0 Å². The van der Waals surface area contributed by atoms with Crippen LogP contribution in [0.2, 0.25) is 0 Å². The van der Waals surface area contributed by atoms with Gasteiger partial charge in [-0.1, -0.05) is 47.5 Å². The zero-order chi connectivity index (χ0) is 14.4. The highest BCUT2D eigenvalue weighted by Gasteiger charge is 1.95. The normalized spacial score (nSPS) is 10.5. The maximum absolute atomic E-state index is 5.17. The first-order chi connectivity index (χ1) is 9.63. The van der Waals surface area contributed by atoms with E-state index < -0.39 is 0 Å². The minimum atomic E-state index is 0.470. The van der Waals surface area contributed by atoms with Crippen LogP contribution in [0.3, 0.4) is 0 Å². The van der Waals surface area contributed by atoms with Crippen LogP contribution in [0.4, 0.5) is 5.69 Å². The summed E-state index contributed by atoms with van der Waals surface area (Å²) in [6.07, 6.45) is 1.74. The molecular weight excluding hydrogens is 266 g/mol. The highest BCUT2D eigenvalue weighted by molar-refractivity contribution is 7.80. The quantitative estimate of drug-likeness (QED) is 0.513. The van der Waals surface area contributed by atoms with Crippen LogP contribution in [-0.4, -0.2) is 11.3 Å². The fourth-order valence-corrected chi connectivity index (χ4v) is 1.78. The highest BCUT2D eigenvalue weighted by Crippen LogP contribution is 2.08. The smallest absolute Gasteiger partial charge is 0.191 e. The molecule has 2 aromatic carbocycles. The molecule has 0 fully saturated rings. The lowest BCUT2D eigenvalue weighted by Crippen LogP contribution is -2.23. The Morgan fingerprint density at radius 2 is 1.50 bits per heavy atom. The fraction of sp³-hybridized carbons (Fsp3) is 0.125. The number of hydrazone groups is 1. The van der Waals surface area contributed by atoms with Gasteiger partial charge in [-0.15, -0.1) is 0 Å². The van der Waals surface area contributed by atoms with E-state index in [4.69, 9.17) is 12.2 Å². The van der Waals surface area contributed by atoms with E-state index in [1.54, 1.807) is 6.21 Å². The van der Waals surface area contributed by atoms with Gasteiger partial charge in [-0.05, 0) is 43.8 Å². The minimum absolute atomic E-state index is 0.470. The Morgan fingerprint density at radius 3 is 2.10 bits per heavy atom. The summed E-state index contributed by atoms with van der Waals surface area (Å²) in [5.74, 6) is 0. The molecule has 0 aliphatic rings. The molecule has 0 saturated heterocycles. The van der Waals surface area contributed by atoms with E-state index >= 15 is 0 Å². The van der Waals surface area contributed by atoms with E-state index in [0.717, 1.165) is 11.3 Å². The predicted molar refractivity (Wildman–Crippen MR) is 89.3 cm³/mol. The molecule has 0 heterocycles. The van der Waals surface area contributed by atoms with E-state index in [2.05, 4.69) is 22.8 Å². The van der Waals surface area contributed by atoms with Crippen molar-refractivity contribution in [1.82, 2.24) is 5.43 Å². The number of aryl methyl sites for hydroxylation is 2. The molecule has 2 N–H and O–H groups in total. The maximum Gasteiger partial charge on any atom is 0.191 e. The van der Waals surface area contributed by atoms with Crippen molar-refractivity contribution in [3.63, 3.8) is 0 Å². The van der Waals surface area contributed by atoms with Crippen molar-refractivity contribution in [2.75, 3.05) is 5.32 Å². The average molecular weight is 283 g/mol. The molecule has 0 bridgehead atoms. The maximum atomic E-state index is 5.17. The molecule has 3 nitrogen and oxygen atoms in total. The Kier molecular flexibility index (Phi) is 4.85. The van der Waals surface area contributed by atoms with E-state index in [-0.39, 0.29) is 0 Å². The summed E-state index contributed by atoms with van der Waals surface area (Å²) in [5.41, 5.74) is 7.21. The van der Waals surface area contributed by atoms with Crippen LogP contribution in [0.1, 0.15) is 16.7 Å². The number of benzene rings is 2. The van der Waals surface area contributed by atoms with E-state index in [1.165, 1.54) is 11.1 Å². The van der Waals surface area contributed by atoms with E-state index in [1.807, 2.05) is 55.5 Å². The fourth-order valence-electron chi connectivity index (χ4n) is 1.61. The second-order valence-corrected chi connectivity index (χ2v) is 5.01. The van der Waals surface area contributed by atoms with Crippen LogP contribution in [0, 0.1) is 13.8 Å². The minimum Gasteiger partial charge on any atom is -0.331 e. The molecule has 0 radical (unpaired) electrons. The van der Waals surface area contributed by atoms with Gasteiger partial charge in [0.15, 0.2) is 5.11 Å². The van der Waals surface area contributed by atoms with Crippen molar-refractivity contribution >= 4 is 29.2 Å². The van der Waals surface area contributed by atoms with Crippen molar-refractivity contribution in [3.05, 3.63) is 65.2 Å². The first-order valence-corrected chi connectivity index (χ1v) is 6.78. The van der Waals surface area contributed by atoms with Gasteiger partial charge in [0.25, 0.3) is 0 Å². The van der Waals surface area contributed by atoms with E-state index in [9.17, 15) is 0 Å². The first-order valence-electron chi connectivity index (χ1n) is 6.37. The topological polar surface area (TPSA) is 36.4 Å². The van der Waals surface area contributed by atoms with Gasteiger partial charge < -0.3 is 5.32 Å². The summed E-state index contributed by atoms with van der Waals surface area (Å²) in [7, 11) is 0. The number of nitrogens with one attached hydrogen (secondary N) is 2. The summed E-state index contributed by atoms with van der Waals surface area (Å²) >= 11 is 5.17. The molecule has 0 aromatic heterocycles. The average Bonchev–Trinajstić information content (AvgIpc) is 2.44. The summed E-state index contributed by atoms with van der Waals surface area (Å²) in [4.78, 5) is 0. The van der Waals surface area contributed by atoms with Gasteiger partial charge in [0.1, 0.15) is 0 Å². The van der Waals surface area contributed by atoms with Gasteiger partial charge in [0, 0.05) is 5.69 Å². The Hall–Kier alpha value is -2.20. The molecule has 20 heavy (non-hydrogen) atoms. The predicted octanol–water partition coefficient (Wildman–Crippen LogP) is 3.62. The number of nitrogens with zero attached hydrogens (tertiary/aromatic N) is 1. The number of thiocarbonyl (C=S) groups is 1. The molecule has 2 rings (SSSR count). The number of hydrogen-bond acceptors (Lipinski definition) is 2. The van der Waals surface area contributed by atoms with Crippen molar-refractivity contribution in [3.8, 4) is 0 Å². The largest absolute Gasteiger partial charge is 0.331 e. The standard InChI is InChI=1S/C16H17N3S/c1-12-3-7-14(8-4-12)11-17-19-16(20)18-15-9-5-13(2)6-10-15/h3-11H,1-2H3,(H2,18,19,20)/b17-11+. The van der Waals surface area contributed by atoms with Crippen molar-refractivity contribution in [2.24, 2.45) is 5.10 Å². The molecule has 0 aliphatic carbocycles. The molecule has 0 aliphatic heterocycles. The van der Waals surface area contributed by atoms with Gasteiger partial charge in [0.2, 0.25) is 0 Å². The molecule has 0 unspecified atom stereocenters. The molecule has 0 atom stereocenters. The lowest BCUT2D eigenvalue weighted by molar-refractivity contribution is 1.05. The summed E-state index contributed by atoms with van der Waals surface area (Å²) in [6, 6.07) is 16.1. The monoisotopic (exact) mass is 283 g/mol. The molecule has 0 amide bonds. The Bertz CT molecular complexity index is 601. The molecule has 4 heteroatoms. The van der Waals surface area contributed by atoms with Gasteiger partial charge in [-0.25, -0.2) is 0 Å². The van der Waals surface area contributed by atoms with Crippen LogP contribution >= 0.6 is 12.2 Å². The third kappa shape index (κ3) is 4.48. The highest BCUT2D eigenvalue weighted by atomic mass is 32.1. The number of anilines is 1. The van der Waals surface area contributed by atoms with Crippen LogP contribution in [0.15, 0.2) is 53.6 Å². The second kappa shape index (κ2) is 6.82. The third-order valence-corrected chi connectivity index (χ3v) is 2.96. The Labute approximate surface area is 124 Å². The van der Waals surface area contributed by atoms with Gasteiger partial charge in [-0.3, -0.25) is 5.43 Å². The number of hydrogen-bond donors (Lipinski definition) is 2. The summed E-state index contributed by atoms with van der Waals surface area (Å²) in [5, 5.41) is 7.65. The summed E-state index contributed by atoms with van der Waals surface area (Å²) in [6.45, 7) is 4.10. The molecule has 0 spiro atoms. The molecule has 2 aromatic rings. The van der Waals surface area contributed by atoms with Crippen molar-refractivity contribution in [1.29, 1.82) is 0 Å². The molecule has 102 valence electrons. The lowest BCUT2D eigenvalue weighted by atomic mass is 10.2. The van der Waals surface area contributed by atoms with Crippen LogP contribution < -0.4 is 10.7 Å². The van der Waals surface area contributed by atoms with Crippen LogP contribution in [-0.2, 0) is 0 Å². The zero-order valence-corrected chi connectivity index (χ0v) is 12.4. The van der Waals surface area contributed by atoms with Gasteiger partial charge in [0.05, 0.1) is 6.21 Å². The van der Waals surface area contributed by atoms with Gasteiger partial charge >= 0.3 is 0 Å². The number of rotatable bonds is 3. The second-order valence-electron chi connectivity index (χ2n) is 4.60. The third-order valence-electron chi connectivity index (χ3n) is 2.77.